The Balaban J connectivity index is 0.00000625. The molecule has 0 bridgehead atoms. The number of aliphatic imine (C=N–C) groups is 1. The van der Waals surface area contributed by atoms with Crippen molar-refractivity contribution >= 4 is 29.9 Å². The minimum absolute atomic E-state index is 0. The van der Waals surface area contributed by atoms with Crippen molar-refractivity contribution in [3.8, 4) is 0 Å². The summed E-state index contributed by atoms with van der Waals surface area (Å²) >= 11 is 0. The highest BCUT2D eigenvalue weighted by atomic mass is 127. The Morgan fingerprint density at radius 1 is 1.23 bits per heavy atom. The summed E-state index contributed by atoms with van der Waals surface area (Å²) in [6.45, 7) is 11.7. The summed E-state index contributed by atoms with van der Waals surface area (Å²) in [4.78, 5) is 6.78. The third-order valence-corrected chi connectivity index (χ3v) is 4.64. The van der Waals surface area contributed by atoms with Gasteiger partial charge in [0.2, 0.25) is 0 Å². The van der Waals surface area contributed by atoms with Crippen molar-refractivity contribution in [1.29, 1.82) is 0 Å². The van der Waals surface area contributed by atoms with Crippen LogP contribution in [0.15, 0.2) is 4.99 Å². The van der Waals surface area contributed by atoms with E-state index in [0.29, 0.717) is 18.1 Å². The van der Waals surface area contributed by atoms with Crippen molar-refractivity contribution in [1.82, 2.24) is 10.2 Å². The highest BCUT2D eigenvalue weighted by Crippen LogP contribution is 2.14. The quantitative estimate of drug-likeness (QED) is 0.211. The topological polar surface area (TPSA) is 55.3 Å². The summed E-state index contributed by atoms with van der Waals surface area (Å²) < 4.78 is 16.8. The van der Waals surface area contributed by atoms with Gasteiger partial charge in [0.25, 0.3) is 0 Å². The highest BCUT2D eigenvalue weighted by Gasteiger charge is 2.22. The van der Waals surface area contributed by atoms with Crippen molar-refractivity contribution in [2.24, 2.45) is 10.9 Å². The first kappa shape index (κ1) is 25.9. The van der Waals surface area contributed by atoms with Gasteiger partial charge in [0, 0.05) is 53.6 Å². The van der Waals surface area contributed by atoms with Gasteiger partial charge in [0.15, 0.2) is 5.96 Å². The van der Waals surface area contributed by atoms with Crippen LogP contribution in [-0.4, -0.2) is 76.7 Å². The Morgan fingerprint density at radius 3 is 2.46 bits per heavy atom. The number of guanidine groups is 1. The first-order valence-electron chi connectivity index (χ1n) is 9.80. The predicted octanol–water partition coefficient (Wildman–Crippen LogP) is 3.15. The molecule has 0 spiro atoms. The van der Waals surface area contributed by atoms with Gasteiger partial charge >= 0.3 is 0 Å². The van der Waals surface area contributed by atoms with E-state index in [2.05, 4.69) is 36.0 Å². The van der Waals surface area contributed by atoms with Crippen molar-refractivity contribution in [3.05, 3.63) is 0 Å². The van der Waals surface area contributed by atoms with Crippen LogP contribution in [0.1, 0.15) is 46.5 Å². The number of hydrogen-bond donors (Lipinski definition) is 1. The number of hydrogen-bond acceptors (Lipinski definition) is 4. The van der Waals surface area contributed by atoms with Gasteiger partial charge in [-0.2, -0.15) is 0 Å². The van der Waals surface area contributed by atoms with Crippen molar-refractivity contribution < 1.29 is 14.2 Å². The van der Waals surface area contributed by atoms with E-state index in [1.54, 1.807) is 7.11 Å². The second-order valence-electron chi connectivity index (χ2n) is 6.90. The van der Waals surface area contributed by atoms with Crippen LogP contribution in [0, 0.1) is 5.92 Å². The lowest BCUT2D eigenvalue weighted by atomic mass is 10.0. The van der Waals surface area contributed by atoms with Crippen LogP contribution in [0.5, 0.6) is 0 Å². The van der Waals surface area contributed by atoms with Gasteiger partial charge in [-0.1, -0.05) is 13.8 Å². The average molecular weight is 485 g/mol. The summed E-state index contributed by atoms with van der Waals surface area (Å²) in [5.74, 6) is 1.53. The molecule has 1 N–H and O–H groups in total. The van der Waals surface area contributed by atoms with Gasteiger partial charge in [-0.3, -0.25) is 4.99 Å². The lowest BCUT2D eigenvalue weighted by Gasteiger charge is -2.34. The zero-order chi connectivity index (χ0) is 18.5. The van der Waals surface area contributed by atoms with Gasteiger partial charge < -0.3 is 24.4 Å². The minimum atomic E-state index is 0. The van der Waals surface area contributed by atoms with Crippen LogP contribution in [0.4, 0.5) is 0 Å². The van der Waals surface area contributed by atoms with Crippen LogP contribution in [0.3, 0.4) is 0 Å². The molecule has 6 nitrogen and oxygen atoms in total. The standard InChI is InChI=1S/C19H39N3O3.HI/c1-6-24-18(16(2)3)8-11-21-19(20-4)22-12-9-17(10-13-22)25-15-7-14-23-5;/h16-18H,6-15H2,1-5H3,(H,20,21);1H. The third kappa shape index (κ3) is 10.3. The lowest BCUT2D eigenvalue weighted by molar-refractivity contribution is 0.00969. The van der Waals surface area contributed by atoms with Gasteiger partial charge in [-0.05, 0) is 38.5 Å². The molecule has 0 radical (unpaired) electrons. The summed E-state index contributed by atoms with van der Waals surface area (Å²) in [6.07, 6.45) is 4.76. The van der Waals surface area contributed by atoms with E-state index >= 15 is 0 Å². The molecule has 1 unspecified atom stereocenters. The van der Waals surface area contributed by atoms with E-state index in [1.165, 1.54) is 0 Å². The Bertz CT molecular complexity index is 362. The van der Waals surface area contributed by atoms with E-state index in [-0.39, 0.29) is 24.0 Å². The number of ether oxygens (including phenoxy) is 3. The SMILES string of the molecule is CCOC(CCNC(=NC)N1CCC(OCCCOC)CC1)C(C)C.I. The fourth-order valence-corrected chi connectivity index (χ4v) is 3.17. The minimum Gasteiger partial charge on any atom is -0.385 e. The smallest absolute Gasteiger partial charge is 0.193 e. The molecule has 1 atom stereocenters. The second kappa shape index (κ2) is 15.9. The van der Waals surface area contributed by atoms with Crippen LogP contribution in [-0.2, 0) is 14.2 Å². The number of piperidine rings is 1. The monoisotopic (exact) mass is 485 g/mol. The maximum absolute atomic E-state index is 5.93. The van der Waals surface area contributed by atoms with Gasteiger partial charge in [0.1, 0.15) is 0 Å². The molecule has 0 aromatic carbocycles. The number of methoxy groups -OCH3 is 1. The molecule has 26 heavy (non-hydrogen) atoms. The summed E-state index contributed by atoms with van der Waals surface area (Å²) in [6, 6.07) is 0. The van der Waals surface area contributed by atoms with E-state index < -0.39 is 0 Å². The Hall–Kier alpha value is -0.120. The molecule has 1 rings (SSSR count). The fraction of sp³-hybridized carbons (Fsp3) is 0.947. The average Bonchev–Trinajstić information content (AvgIpc) is 2.62. The first-order chi connectivity index (χ1) is 12.1. The van der Waals surface area contributed by atoms with Crippen LogP contribution < -0.4 is 5.32 Å². The van der Waals surface area contributed by atoms with E-state index in [0.717, 1.165) is 71.1 Å². The number of nitrogens with one attached hydrogen (secondary N) is 1. The molecule has 7 heteroatoms. The van der Waals surface area contributed by atoms with E-state index in [4.69, 9.17) is 14.2 Å². The fourth-order valence-electron chi connectivity index (χ4n) is 3.17. The van der Waals surface area contributed by atoms with Crippen molar-refractivity contribution in [2.75, 3.05) is 53.6 Å². The van der Waals surface area contributed by atoms with Crippen molar-refractivity contribution in [2.45, 2.75) is 58.7 Å². The molecule has 0 amide bonds. The lowest BCUT2D eigenvalue weighted by Crippen LogP contribution is -2.47. The molecule has 1 aliphatic rings. The van der Waals surface area contributed by atoms with Gasteiger partial charge in [-0.25, -0.2) is 0 Å². The molecular formula is C19H40IN3O3. The number of halogens is 1. The van der Waals surface area contributed by atoms with Crippen LogP contribution in [0.25, 0.3) is 0 Å². The second-order valence-corrected chi connectivity index (χ2v) is 6.90. The zero-order valence-corrected chi connectivity index (χ0v) is 19.7. The molecule has 156 valence electrons. The van der Waals surface area contributed by atoms with Gasteiger partial charge in [0.05, 0.1) is 12.2 Å². The third-order valence-electron chi connectivity index (χ3n) is 4.64. The normalized spacial score (nSPS) is 17.3. The Labute approximate surface area is 177 Å². The van der Waals surface area contributed by atoms with Gasteiger partial charge in [-0.15, -0.1) is 24.0 Å². The molecule has 1 aliphatic heterocycles. The first-order valence-corrected chi connectivity index (χ1v) is 9.80. The molecule has 1 heterocycles. The van der Waals surface area contributed by atoms with Crippen LogP contribution in [0.2, 0.25) is 0 Å². The molecular weight excluding hydrogens is 445 g/mol. The summed E-state index contributed by atoms with van der Waals surface area (Å²) in [5, 5.41) is 3.50. The van der Waals surface area contributed by atoms with E-state index in [9.17, 15) is 0 Å². The molecule has 1 fully saturated rings. The Morgan fingerprint density at radius 2 is 1.92 bits per heavy atom. The Kier molecular flexibility index (Phi) is 15.8. The highest BCUT2D eigenvalue weighted by molar-refractivity contribution is 14.0. The molecule has 0 aromatic heterocycles. The summed E-state index contributed by atoms with van der Waals surface area (Å²) in [7, 11) is 3.59. The number of nitrogens with zero attached hydrogens (tertiary/aromatic N) is 2. The number of rotatable bonds is 11. The molecule has 0 saturated carbocycles. The number of likely N-dealkylation sites (tertiary alicyclic amines) is 1. The van der Waals surface area contributed by atoms with E-state index in [1.807, 2.05) is 7.05 Å². The maximum atomic E-state index is 5.93. The van der Waals surface area contributed by atoms with Crippen molar-refractivity contribution in [3.63, 3.8) is 0 Å². The predicted molar refractivity (Wildman–Crippen MR) is 119 cm³/mol. The zero-order valence-electron chi connectivity index (χ0n) is 17.3. The molecule has 1 saturated heterocycles. The van der Waals surface area contributed by atoms with Crippen LogP contribution >= 0.6 is 24.0 Å². The summed E-state index contributed by atoms with van der Waals surface area (Å²) in [5.41, 5.74) is 0. The molecule has 0 aliphatic carbocycles. The largest absolute Gasteiger partial charge is 0.385 e. The maximum Gasteiger partial charge on any atom is 0.193 e. The molecule has 0 aromatic rings.